The summed E-state index contributed by atoms with van der Waals surface area (Å²) in [7, 11) is 0. The number of hydrogen-bond acceptors (Lipinski definition) is 4. The Hall–Kier alpha value is -1.01. The van der Waals surface area contributed by atoms with E-state index in [2.05, 4.69) is 15.9 Å². The third-order valence-electron chi connectivity index (χ3n) is 3.76. The van der Waals surface area contributed by atoms with E-state index in [4.69, 9.17) is 4.74 Å². The van der Waals surface area contributed by atoms with Crippen LogP contribution in [0.3, 0.4) is 0 Å². The van der Waals surface area contributed by atoms with Crippen LogP contribution in [-0.4, -0.2) is 33.4 Å². The van der Waals surface area contributed by atoms with Gasteiger partial charge in [-0.2, -0.15) is 0 Å². The van der Waals surface area contributed by atoms with Crippen molar-refractivity contribution < 1.29 is 14.3 Å². The number of thioether (sulfide) groups is 1. The minimum Gasteiger partial charge on any atom is -0.424 e. The van der Waals surface area contributed by atoms with E-state index in [0.717, 1.165) is 10.9 Å². The molecular weight excluding hydrogens is 342 g/mol. The first-order chi connectivity index (χ1) is 9.51. The molecule has 1 amide bonds. The van der Waals surface area contributed by atoms with E-state index in [1.165, 1.54) is 0 Å². The first-order valence-electron chi connectivity index (χ1n) is 6.44. The Bertz CT molecular complexity index is 579. The number of hydrogen-bond donors (Lipinski definition) is 0. The van der Waals surface area contributed by atoms with Crippen molar-refractivity contribution in [1.82, 2.24) is 4.90 Å². The van der Waals surface area contributed by atoms with Crippen LogP contribution in [0.5, 0.6) is 5.75 Å². The molecule has 0 aromatic heterocycles. The van der Waals surface area contributed by atoms with Crippen LogP contribution in [0, 0.1) is 0 Å². The maximum Gasteiger partial charge on any atom is 0.335 e. The number of halogens is 1. The molecular formula is C14H14BrNO3S. The Labute approximate surface area is 130 Å². The average molecular weight is 356 g/mol. The zero-order valence-electron chi connectivity index (χ0n) is 11.0. The van der Waals surface area contributed by atoms with Gasteiger partial charge in [-0.25, -0.2) is 4.79 Å². The second-order valence-corrected chi connectivity index (χ2v) is 7.47. The standard InChI is InChI=1S/C14H14BrNO3S/c1-14-7-6-12(17)16(14)10(8-20-14)13(18)19-11-5-3-2-4-9(11)15/h2-5,10H,6-8H2,1H3/t10-,14+/m0/s1. The first-order valence-corrected chi connectivity index (χ1v) is 8.21. The van der Waals surface area contributed by atoms with Gasteiger partial charge >= 0.3 is 5.97 Å². The lowest BCUT2D eigenvalue weighted by atomic mass is 10.2. The predicted molar refractivity (Wildman–Crippen MR) is 80.5 cm³/mol. The number of amides is 1. The highest BCUT2D eigenvalue weighted by Crippen LogP contribution is 2.47. The molecule has 4 nitrogen and oxygen atoms in total. The molecule has 2 fully saturated rings. The van der Waals surface area contributed by atoms with E-state index in [1.807, 2.05) is 25.1 Å². The van der Waals surface area contributed by atoms with E-state index in [-0.39, 0.29) is 16.7 Å². The fourth-order valence-electron chi connectivity index (χ4n) is 2.70. The lowest BCUT2D eigenvalue weighted by Crippen LogP contribution is -2.47. The van der Waals surface area contributed by atoms with Gasteiger partial charge in [-0.05, 0) is 41.4 Å². The molecule has 1 aromatic carbocycles. The molecule has 0 unspecified atom stereocenters. The number of para-hydroxylation sites is 1. The van der Waals surface area contributed by atoms with Gasteiger partial charge in [-0.15, -0.1) is 11.8 Å². The molecule has 20 heavy (non-hydrogen) atoms. The minimum absolute atomic E-state index is 0.0478. The molecule has 2 heterocycles. The lowest BCUT2D eigenvalue weighted by Gasteiger charge is -2.29. The second kappa shape index (κ2) is 5.07. The maximum absolute atomic E-state index is 12.3. The fourth-order valence-corrected chi connectivity index (χ4v) is 4.48. The maximum atomic E-state index is 12.3. The number of rotatable bonds is 2. The summed E-state index contributed by atoms with van der Waals surface area (Å²) in [5.74, 6) is 0.781. The smallest absolute Gasteiger partial charge is 0.335 e. The van der Waals surface area contributed by atoms with Crippen LogP contribution in [0.25, 0.3) is 0 Å². The number of carbonyl (C=O) groups is 2. The highest BCUT2D eigenvalue weighted by atomic mass is 79.9. The summed E-state index contributed by atoms with van der Waals surface area (Å²) in [4.78, 5) is 25.8. The first kappa shape index (κ1) is 13.9. The van der Waals surface area contributed by atoms with Gasteiger partial charge in [-0.1, -0.05) is 12.1 Å². The van der Waals surface area contributed by atoms with Crippen LogP contribution >= 0.6 is 27.7 Å². The SMILES string of the molecule is C[C@@]12CCC(=O)N1[C@H](C(=O)Oc1ccccc1Br)CS2. The Morgan fingerprint density at radius 1 is 1.50 bits per heavy atom. The van der Waals surface area contributed by atoms with Gasteiger partial charge in [0.2, 0.25) is 5.91 Å². The van der Waals surface area contributed by atoms with Crippen LogP contribution in [-0.2, 0) is 9.59 Å². The van der Waals surface area contributed by atoms with Crippen LogP contribution < -0.4 is 4.74 Å². The van der Waals surface area contributed by atoms with Gasteiger partial charge in [0.1, 0.15) is 11.8 Å². The molecule has 106 valence electrons. The summed E-state index contributed by atoms with van der Waals surface area (Å²) in [6.07, 6.45) is 1.32. The molecule has 1 aromatic rings. The third-order valence-corrected chi connectivity index (χ3v) is 5.92. The number of ether oxygens (including phenoxy) is 1. The summed E-state index contributed by atoms with van der Waals surface area (Å²) < 4.78 is 6.17. The Morgan fingerprint density at radius 3 is 3.00 bits per heavy atom. The fraction of sp³-hybridized carbons (Fsp3) is 0.429. The van der Waals surface area contributed by atoms with E-state index < -0.39 is 6.04 Å². The van der Waals surface area contributed by atoms with Gasteiger partial charge in [0.25, 0.3) is 0 Å². The predicted octanol–water partition coefficient (Wildman–Crippen LogP) is 2.81. The van der Waals surface area contributed by atoms with E-state index in [0.29, 0.717) is 17.9 Å². The molecule has 2 aliphatic heterocycles. The van der Waals surface area contributed by atoms with Gasteiger partial charge in [0, 0.05) is 12.2 Å². The number of nitrogens with zero attached hydrogens (tertiary/aromatic N) is 1. The summed E-state index contributed by atoms with van der Waals surface area (Å²) in [5.41, 5.74) is 0. The molecule has 0 spiro atoms. The molecule has 2 aliphatic rings. The number of benzene rings is 1. The summed E-state index contributed by atoms with van der Waals surface area (Å²) in [6.45, 7) is 2.02. The Morgan fingerprint density at radius 2 is 2.25 bits per heavy atom. The molecule has 2 saturated heterocycles. The topological polar surface area (TPSA) is 46.6 Å². The van der Waals surface area contributed by atoms with E-state index in [9.17, 15) is 9.59 Å². The molecule has 0 bridgehead atoms. The van der Waals surface area contributed by atoms with Crippen molar-refractivity contribution in [2.75, 3.05) is 5.75 Å². The van der Waals surface area contributed by atoms with Crippen molar-refractivity contribution in [3.63, 3.8) is 0 Å². The van der Waals surface area contributed by atoms with Crippen molar-refractivity contribution in [2.24, 2.45) is 0 Å². The van der Waals surface area contributed by atoms with Gasteiger partial charge in [-0.3, -0.25) is 4.79 Å². The van der Waals surface area contributed by atoms with E-state index in [1.54, 1.807) is 22.7 Å². The van der Waals surface area contributed by atoms with Gasteiger partial charge in [0.05, 0.1) is 9.34 Å². The molecule has 0 N–H and O–H groups in total. The monoisotopic (exact) mass is 355 g/mol. The normalized spacial score (nSPS) is 28.6. The number of esters is 1. The van der Waals surface area contributed by atoms with Gasteiger partial charge < -0.3 is 9.64 Å². The zero-order valence-corrected chi connectivity index (χ0v) is 13.4. The van der Waals surface area contributed by atoms with Crippen molar-refractivity contribution in [3.05, 3.63) is 28.7 Å². The van der Waals surface area contributed by atoms with Crippen LogP contribution in [0.1, 0.15) is 19.8 Å². The summed E-state index contributed by atoms with van der Waals surface area (Å²) in [5, 5.41) is 0. The van der Waals surface area contributed by atoms with E-state index >= 15 is 0 Å². The Kier molecular flexibility index (Phi) is 3.54. The van der Waals surface area contributed by atoms with Crippen LogP contribution in [0.15, 0.2) is 28.7 Å². The molecule has 6 heteroatoms. The third kappa shape index (κ3) is 2.24. The average Bonchev–Trinajstić information content (AvgIpc) is 2.90. The summed E-state index contributed by atoms with van der Waals surface area (Å²) >= 11 is 5.01. The molecule has 3 rings (SSSR count). The molecule has 0 aliphatic carbocycles. The highest BCUT2D eigenvalue weighted by Gasteiger charge is 2.53. The second-order valence-electron chi connectivity index (χ2n) is 5.12. The van der Waals surface area contributed by atoms with Crippen LogP contribution in [0.2, 0.25) is 0 Å². The largest absolute Gasteiger partial charge is 0.424 e. The Balaban J connectivity index is 1.79. The van der Waals surface area contributed by atoms with Crippen LogP contribution in [0.4, 0.5) is 0 Å². The van der Waals surface area contributed by atoms with Gasteiger partial charge in [0.15, 0.2) is 0 Å². The zero-order chi connectivity index (χ0) is 14.3. The number of fused-ring (bicyclic) bond motifs is 1. The minimum atomic E-state index is -0.480. The molecule has 0 saturated carbocycles. The lowest BCUT2D eigenvalue weighted by molar-refractivity contribution is -0.146. The summed E-state index contributed by atoms with van der Waals surface area (Å²) in [6, 6.07) is 6.73. The van der Waals surface area contributed by atoms with Crippen molar-refractivity contribution in [2.45, 2.75) is 30.7 Å². The van der Waals surface area contributed by atoms with Crippen molar-refractivity contribution in [1.29, 1.82) is 0 Å². The molecule has 2 atom stereocenters. The van der Waals surface area contributed by atoms with Crippen molar-refractivity contribution >= 4 is 39.6 Å². The quantitative estimate of drug-likeness (QED) is 0.604. The van der Waals surface area contributed by atoms with Crippen molar-refractivity contribution in [3.8, 4) is 5.75 Å². The molecule has 0 radical (unpaired) electrons. The number of carbonyl (C=O) groups excluding carboxylic acids is 2. The highest BCUT2D eigenvalue weighted by molar-refractivity contribution is 9.10.